The van der Waals surface area contributed by atoms with E-state index in [0.29, 0.717) is 6.04 Å². The topological polar surface area (TPSA) is 57.5 Å². The third-order valence-electron chi connectivity index (χ3n) is 6.02. The highest BCUT2D eigenvalue weighted by atomic mass is 127. The maximum Gasteiger partial charge on any atom is 0.191 e. The van der Waals surface area contributed by atoms with E-state index >= 15 is 0 Å². The van der Waals surface area contributed by atoms with E-state index in [9.17, 15) is 0 Å². The Kier molecular flexibility index (Phi) is 7.19. The number of guanidine groups is 1. The molecule has 2 fully saturated rings. The van der Waals surface area contributed by atoms with E-state index in [1.165, 1.54) is 57.3 Å². The highest BCUT2D eigenvalue weighted by Crippen LogP contribution is 2.26. The van der Waals surface area contributed by atoms with Crippen LogP contribution < -0.4 is 10.6 Å². The van der Waals surface area contributed by atoms with Crippen LogP contribution in [-0.2, 0) is 19.5 Å². The Bertz CT molecular complexity index is 584. The van der Waals surface area contributed by atoms with Gasteiger partial charge in [0.1, 0.15) is 5.82 Å². The Labute approximate surface area is 174 Å². The molecule has 3 aliphatic rings. The Hall–Kier alpha value is -0.830. The second-order valence-electron chi connectivity index (χ2n) is 7.79. The van der Waals surface area contributed by atoms with Crippen LogP contribution in [0, 0.1) is 0 Å². The number of fused-ring (bicyclic) bond motifs is 1. The zero-order valence-corrected chi connectivity index (χ0v) is 18.2. The summed E-state index contributed by atoms with van der Waals surface area (Å²) in [6.07, 6.45) is 12.7. The van der Waals surface area contributed by atoms with Crippen molar-refractivity contribution < 1.29 is 0 Å². The van der Waals surface area contributed by atoms with E-state index in [-0.39, 0.29) is 24.0 Å². The van der Waals surface area contributed by atoms with Gasteiger partial charge in [0.25, 0.3) is 0 Å². The smallest absolute Gasteiger partial charge is 0.191 e. The molecule has 6 nitrogen and oxygen atoms in total. The molecular weight excluding hydrogens is 439 g/mol. The fourth-order valence-corrected chi connectivity index (χ4v) is 4.63. The van der Waals surface area contributed by atoms with Crippen molar-refractivity contribution in [3.05, 3.63) is 17.7 Å². The highest BCUT2D eigenvalue weighted by molar-refractivity contribution is 14.0. The number of aromatic nitrogens is 2. The molecule has 3 heterocycles. The van der Waals surface area contributed by atoms with E-state index in [1.54, 1.807) is 0 Å². The van der Waals surface area contributed by atoms with Gasteiger partial charge < -0.3 is 15.2 Å². The van der Waals surface area contributed by atoms with Crippen molar-refractivity contribution in [2.24, 2.45) is 4.99 Å². The highest BCUT2D eigenvalue weighted by Gasteiger charge is 2.30. The van der Waals surface area contributed by atoms with Gasteiger partial charge in [0, 0.05) is 51.4 Å². The first kappa shape index (κ1) is 19.9. The normalized spacial score (nSPS) is 24.3. The molecule has 1 saturated carbocycles. The lowest BCUT2D eigenvalue weighted by Gasteiger charge is -2.24. The van der Waals surface area contributed by atoms with Crippen LogP contribution in [0.15, 0.2) is 11.2 Å². The molecule has 1 aromatic rings. The van der Waals surface area contributed by atoms with Gasteiger partial charge in [-0.2, -0.15) is 0 Å². The van der Waals surface area contributed by atoms with Crippen LogP contribution in [0.4, 0.5) is 0 Å². The van der Waals surface area contributed by atoms with Gasteiger partial charge in [0.05, 0.1) is 12.2 Å². The molecule has 146 valence electrons. The molecule has 2 aliphatic heterocycles. The number of nitrogens with one attached hydrogen (secondary N) is 2. The van der Waals surface area contributed by atoms with Gasteiger partial charge in [-0.15, -0.1) is 24.0 Å². The van der Waals surface area contributed by atoms with Crippen molar-refractivity contribution in [3.63, 3.8) is 0 Å². The first-order valence-electron chi connectivity index (χ1n) is 10.1. The number of aliphatic imine (C=N–C) groups is 1. The number of nitrogens with zero attached hydrogens (tertiary/aromatic N) is 4. The number of likely N-dealkylation sites (tertiary alicyclic amines) is 1. The number of rotatable bonds is 4. The summed E-state index contributed by atoms with van der Waals surface area (Å²) in [7, 11) is 1.86. The van der Waals surface area contributed by atoms with E-state index in [4.69, 9.17) is 4.98 Å². The van der Waals surface area contributed by atoms with Gasteiger partial charge in [0.2, 0.25) is 0 Å². The summed E-state index contributed by atoms with van der Waals surface area (Å²) in [4.78, 5) is 11.9. The third-order valence-corrected chi connectivity index (χ3v) is 6.02. The molecule has 1 atom stereocenters. The number of aryl methyl sites for hydroxylation is 2. The van der Waals surface area contributed by atoms with Gasteiger partial charge in [0.15, 0.2) is 5.96 Å². The molecular formula is C19H33IN6. The van der Waals surface area contributed by atoms with Crippen LogP contribution in [0.25, 0.3) is 0 Å². The Morgan fingerprint density at radius 2 is 2.04 bits per heavy atom. The summed E-state index contributed by atoms with van der Waals surface area (Å²) in [5.41, 5.74) is 1.12. The standard InChI is InChI=1S/C19H32N6.HI/c1-20-19(21-12-16-14-25-10-5-4-8-18(25)22-16)23-15-9-11-24(13-15)17-6-2-3-7-17;/h14-15,17H,2-13H2,1H3,(H2,20,21,23);1H. The lowest BCUT2D eigenvalue weighted by atomic mass is 10.2. The minimum absolute atomic E-state index is 0. The Balaban J connectivity index is 0.00000196. The first-order chi connectivity index (χ1) is 12.3. The van der Waals surface area contributed by atoms with Crippen LogP contribution in [0.2, 0.25) is 0 Å². The van der Waals surface area contributed by atoms with Crippen molar-refractivity contribution in [2.45, 2.75) is 76.5 Å². The number of hydrogen-bond donors (Lipinski definition) is 2. The van der Waals surface area contributed by atoms with Crippen molar-refractivity contribution in [2.75, 3.05) is 20.1 Å². The van der Waals surface area contributed by atoms with Crippen molar-refractivity contribution >= 4 is 29.9 Å². The molecule has 1 aromatic heterocycles. The molecule has 4 rings (SSSR count). The summed E-state index contributed by atoms with van der Waals surface area (Å²) in [5.74, 6) is 2.15. The molecule has 1 aliphatic carbocycles. The van der Waals surface area contributed by atoms with E-state index in [2.05, 4.69) is 31.3 Å². The molecule has 0 aromatic carbocycles. The van der Waals surface area contributed by atoms with Gasteiger partial charge in [-0.25, -0.2) is 4.98 Å². The molecule has 0 bridgehead atoms. The second-order valence-corrected chi connectivity index (χ2v) is 7.79. The second kappa shape index (κ2) is 9.39. The summed E-state index contributed by atoms with van der Waals surface area (Å²) < 4.78 is 2.31. The fourth-order valence-electron chi connectivity index (χ4n) is 4.63. The summed E-state index contributed by atoms with van der Waals surface area (Å²) in [5, 5.41) is 7.06. The minimum atomic E-state index is 0. The Morgan fingerprint density at radius 1 is 1.19 bits per heavy atom. The predicted molar refractivity (Wildman–Crippen MR) is 116 cm³/mol. The summed E-state index contributed by atoms with van der Waals surface area (Å²) in [6, 6.07) is 1.35. The molecule has 26 heavy (non-hydrogen) atoms. The fraction of sp³-hybridized carbons (Fsp3) is 0.789. The zero-order chi connectivity index (χ0) is 17.1. The first-order valence-corrected chi connectivity index (χ1v) is 10.1. The molecule has 1 saturated heterocycles. The maximum absolute atomic E-state index is 4.76. The third kappa shape index (κ3) is 4.71. The number of imidazole rings is 1. The predicted octanol–water partition coefficient (Wildman–Crippen LogP) is 2.52. The minimum Gasteiger partial charge on any atom is -0.352 e. The number of hydrogen-bond acceptors (Lipinski definition) is 3. The van der Waals surface area contributed by atoms with Crippen LogP contribution >= 0.6 is 24.0 Å². The van der Waals surface area contributed by atoms with Gasteiger partial charge in [-0.3, -0.25) is 9.89 Å². The average Bonchev–Trinajstić information content (AvgIpc) is 3.38. The Morgan fingerprint density at radius 3 is 2.81 bits per heavy atom. The van der Waals surface area contributed by atoms with Crippen molar-refractivity contribution in [3.8, 4) is 0 Å². The average molecular weight is 472 g/mol. The lowest BCUT2D eigenvalue weighted by Crippen LogP contribution is -2.45. The summed E-state index contributed by atoms with van der Waals surface area (Å²) >= 11 is 0. The van der Waals surface area contributed by atoms with Gasteiger partial charge in [-0.05, 0) is 32.1 Å². The quantitative estimate of drug-likeness (QED) is 0.402. The zero-order valence-electron chi connectivity index (χ0n) is 15.9. The monoisotopic (exact) mass is 472 g/mol. The van der Waals surface area contributed by atoms with Crippen LogP contribution in [-0.4, -0.2) is 52.6 Å². The van der Waals surface area contributed by atoms with Crippen molar-refractivity contribution in [1.29, 1.82) is 0 Å². The lowest BCUT2D eigenvalue weighted by molar-refractivity contribution is 0.242. The molecule has 2 N–H and O–H groups in total. The van der Waals surface area contributed by atoms with Crippen LogP contribution in [0.5, 0.6) is 0 Å². The SMILES string of the molecule is CN=C(NCc1cn2c(n1)CCCC2)NC1CCN(C2CCCC2)C1.I. The number of halogens is 1. The largest absolute Gasteiger partial charge is 0.352 e. The molecule has 7 heteroatoms. The maximum atomic E-state index is 4.76. The molecule has 0 amide bonds. The molecule has 0 spiro atoms. The van der Waals surface area contributed by atoms with E-state index in [0.717, 1.165) is 43.8 Å². The van der Waals surface area contributed by atoms with Crippen molar-refractivity contribution in [1.82, 2.24) is 25.1 Å². The van der Waals surface area contributed by atoms with Crippen LogP contribution in [0.3, 0.4) is 0 Å². The van der Waals surface area contributed by atoms with Gasteiger partial charge in [-0.1, -0.05) is 12.8 Å². The molecule has 0 radical (unpaired) electrons. The van der Waals surface area contributed by atoms with E-state index in [1.807, 2.05) is 7.05 Å². The van der Waals surface area contributed by atoms with Gasteiger partial charge >= 0.3 is 0 Å². The molecule has 1 unspecified atom stereocenters. The van der Waals surface area contributed by atoms with Crippen LogP contribution in [0.1, 0.15) is 56.5 Å². The van der Waals surface area contributed by atoms with E-state index < -0.39 is 0 Å². The summed E-state index contributed by atoms with van der Waals surface area (Å²) in [6.45, 7) is 4.25.